The Morgan fingerprint density at radius 2 is 1.88 bits per heavy atom. The Hall–Kier alpha value is -1.38. The fraction of sp³-hybridized carbons (Fsp3) is 0.667. The number of morpholine rings is 1. The van der Waals surface area contributed by atoms with Gasteiger partial charge in [-0.05, 0) is 34.0 Å². The van der Waals surface area contributed by atoms with Crippen LogP contribution in [0.15, 0.2) is 21.2 Å². The minimum atomic E-state index is -0.407. The molecule has 1 aliphatic heterocycles. The topological polar surface area (TPSA) is 83.8 Å². The Bertz CT molecular complexity index is 583. The van der Waals surface area contributed by atoms with Gasteiger partial charge in [-0.3, -0.25) is 14.5 Å². The minimum absolute atomic E-state index is 0.0735. The Labute approximate surface area is 162 Å². The first kappa shape index (κ1) is 20.9. The number of carbonyl (C=O) groups excluding carboxylic acids is 2. The number of amides is 2. The highest BCUT2D eigenvalue weighted by Gasteiger charge is 2.27. The van der Waals surface area contributed by atoms with Gasteiger partial charge in [0.1, 0.15) is 0 Å². The second-order valence-corrected chi connectivity index (χ2v) is 7.16. The van der Waals surface area contributed by atoms with E-state index in [0.29, 0.717) is 17.1 Å². The summed E-state index contributed by atoms with van der Waals surface area (Å²) in [5.74, 6) is 0.0834. The Morgan fingerprint density at radius 1 is 1.19 bits per heavy atom. The molecule has 7 nitrogen and oxygen atoms in total. The monoisotopic (exact) mass is 429 g/mol. The van der Waals surface area contributed by atoms with Crippen LogP contribution >= 0.6 is 15.9 Å². The Balaban J connectivity index is 1.82. The molecular weight excluding hydrogens is 402 g/mol. The molecule has 1 aliphatic rings. The van der Waals surface area contributed by atoms with E-state index in [0.717, 1.165) is 39.1 Å². The van der Waals surface area contributed by atoms with Crippen molar-refractivity contribution in [2.45, 2.75) is 32.7 Å². The lowest BCUT2D eigenvalue weighted by molar-refractivity contribution is -0.120. The summed E-state index contributed by atoms with van der Waals surface area (Å²) >= 11 is 3.15. The van der Waals surface area contributed by atoms with Gasteiger partial charge < -0.3 is 19.8 Å². The number of halogens is 1. The quantitative estimate of drug-likeness (QED) is 0.627. The average Bonchev–Trinajstić information content (AvgIpc) is 3.10. The molecule has 2 heterocycles. The second kappa shape index (κ2) is 10.7. The number of ether oxygens (including phenoxy) is 1. The molecule has 2 rings (SSSR count). The highest BCUT2D eigenvalue weighted by atomic mass is 79.9. The van der Waals surface area contributed by atoms with Gasteiger partial charge in [0.15, 0.2) is 10.4 Å². The van der Waals surface area contributed by atoms with E-state index in [1.165, 1.54) is 0 Å². The zero-order valence-electron chi connectivity index (χ0n) is 15.4. The largest absolute Gasteiger partial charge is 0.444 e. The molecule has 0 spiro atoms. The number of nitrogens with zero attached hydrogens (tertiary/aromatic N) is 1. The summed E-state index contributed by atoms with van der Waals surface area (Å²) in [5, 5.41) is 5.54. The summed E-state index contributed by atoms with van der Waals surface area (Å²) in [5.41, 5.74) is 0. The number of furan rings is 1. The van der Waals surface area contributed by atoms with E-state index in [4.69, 9.17) is 9.15 Å². The first-order valence-electron chi connectivity index (χ1n) is 9.17. The van der Waals surface area contributed by atoms with Gasteiger partial charge in [0.2, 0.25) is 5.91 Å². The third-order valence-corrected chi connectivity index (χ3v) is 5.25. The lowest BCUT2D eigenvalue weighted by Crippen LogP contribution is -2.52. The molecule has 146 valence electrons. The van der Waals surface area contributed by atoms with Gasteiger partial charge in [0, 0.05) is 25.7 Å². The molecular formula is C18H28BrN3O4. The van der Waals surface area contributed by atoms with Crippen molar-refractivity contribution in [3.05, 3.63) is 22.6 Å². The molecule has 8 heteroatoms. The number of carbonyl (C=O) groups is 2. The van der Waals surface area contributed by atoms with Gasteiger partial charge in [0.05, 0.1) is 19.8 Å². The highest BCUT2D eigenvalue weighted by molar-refractivity contribution is 9.10. The summed E-state index contributed by atoms with van der Waals surface area (Å²) < 4.78 is 11.1. The molecule has 0 aromatic carbocycles. The molecule has 1 aromatic rings. The van der Waals surface area contributed by atoms with Crippen molar-refractivity contribution in [1.29, 1.82) is 0 Å². The van der Waals surface area contributed by atoms with Crippen molar-refractivity contribution >= 4 is 27.7 Å². The number of nitrogens with one attached hydrogen (secondary N) is 2. The maximum absolute atomic E-state index is 12.2. The summed E-state index contributed by atoms with van der Waals surface area (Å²) in [6.45, 7) is 8.13. The molecule has 2 N–H and O–H groups in total. The fourth-order valence-electron chi connectivity index (χ4n) is 3.30. The van der Waals surface area contributed by atoms with Crippen LogP contribution in [0.4, 0.5) is 0 Å². The zero-order chi connectivity index (χ0) is 18.9. The minimum Gasteiger partial charge on any atom is -0.444 e. The molecule has 1 aromatic heterocycles. The molecule has 26 heavy (non-hydrogen) atoms. The average molecular weight is 430 g/mol. The lowest BCUT2D eigenvalue weighted by atomic mass is 9.92. The normalized spacial score (nSPS) is 16.5. The van der Waals surface area contributed by atoms with E-state index in [-0.39, 0.29) is 24.3 Å². The summed E-state index contributed by atoms with van der Waals surface area (Å²) in [6.07, 6.45) is 2.14. The van der Waals surface area contributed by atoms with Crippen LogP contribution in [0.25, 0.3) is 0 Å². The van der Waals surface area contributed by atoms with Crippen molar-refractivity contribution in [2.75, 3.05) is 39.4 Å². The fourth-order valence-corrected chi connectivity index (χ4v) is 3.61. The van der Waals surface area contributed by atoms with Crippen LogP contribution in [0.1, 0.15) is 37.2 Å². The van der Waals surface area contributed by atoms with Gasteiger partial charge in [-0.15, -0.1) is 0 Å². The van der Waals surface area contributed by atoms with Crippen molar-refractivity contribution in [3.8, 4) is 0 Å². The van der Waals surface area contributed by atoms with E-state index in [9.17, 15) is 9.59 Å². The second-order valence-electron chi connectivity index (χ2n) is 6.38. The van der Waals surface area contributed by atoms with E-state index in [1.807, 2.05) is 0 Å². The molecule has 1 saturated heterocycles. The third kappa shape index (κ3) is 6.10. The molecule has 1 unspecified atom stereocenters. The number of hydrogen-bond acceptors (Lipinski definition) is 5. The number of rotatable bonds is 9. The van der Waals surface area contributed by atoms with Gasteiger partial charge in [-0.1, -0.05) is 26.7 Å². The van der Waals surface area contributed by atoms with Gasteiger partial charge in [-0.25, -0.2) is 0 Å². The van der Waals surface area contributed by atoms with E-state index >= 15 is 0 Å². The number of hydrogen-bond donors (Lipinski definition) is 2. The van der Waals surface area contributed by atoms with Crippen LogP contribution in [0, 0.1) is 5.92 Å². The Kier molecular flexibility index (Phi) is 8.61. The summed E-state index contributed by atoms with van der Waals surface area (Å²) in [7, 11) is 0. The van der Waals surface area contributed by atoms with E-state index in [1.54, 1.807) is 12.1 Å². The van der Waals surface area contributed by atoms with Crippen molar-refractivity contribution < 1.29 is 18.7 Å². The van der Waals surface area contributed by atoms with Crippen LogP contribution in [-0.4, -0.2) is 62.1 Å². The van der Waals surface area contributed by atoms with Crippen LogP contribution in [0.2, 0.25) is 0 Å². The third-order valence-electron chi connectivity index (χ3n) is 4.82. The molecule has 0 radical (unpaired) electrons. The lowest BCUT2D eigenvalue weighted by Gasteiger charge is -2.38. The van der Waals surface area contributed by atoms with Crippen LogP contribution in [-0.2, 0) is 9.53 Å². The molecule has 0 bridgehead atoms. The maximum Gasteiger partial charge on any atom is 0.287 e. The van der Waals surface area contributed by atoms with E-state index in [2.05, 4.69) is 45.3 Å². The van der Waals surface area contributed by atoms with Crippen molar-refractivity contribution in [1.82, 2.24) is 15.5 Å². The molecule has 1 atom stereocenters. The predicted octanol–water partition coefficient (Wildman–Crippen LogP) is 2.03. The van der Waals surface area contributed by atoms with Crippen molar-refractivity contribution in [2.24, 2.45) is 5.92 Å². The standard InChI is InChI=1S/C18H28BrN3O4/c1-3-13(4-2)14(22-7-9-25-10-8-22)11-20-17(23)12-21-18(24)15-5-6-16(19)26-15/h5-6,13-14H,3-4,7-12H2,1-2H3,(H,20,23)(H,21,24). The van der Waals surface area contributed by atoms with Crippen LogP contribution in [0.3, 0.4) is 0 Å². The highest BCUT2D eigenvalue weighted by Crippen LogP contribution is 2.19. The van der Waals surface area contributed by atoms with Gasteiger partial charge >= 0.3 is 0 Å². The molecule has 0 aliphatic carbocycles. The predicted molar refractivity (Wildman–Crippen MR) is 102 cm³/mol. The zero-order valence-corrected chi connectivity index (χ0v) is 17.0. The Morgan fingerprint density at radius 3 is 2.46 bits per heavy atom. The van der Waals surface area contributed by atoms with Gasteiger partial charge in [-0.2, -0.15) is 0 Å². The first-order valence-corrected chi connectivity index (χ1v) is 9.96. The molecule has 2 amide bonds. The SMILES string of the molecule is CCC(CC)C(CNC(=O)CNC(=O)c1ccc(Br)o1)N1CCOCC1. The first-order chi connectivity index (χ1) is 12.5. The van der Waals surface area contributed by atoms with Crippen LogP contribution in [0.5, 0.6) is 0 Å². The van der Waals surface area contributed by atoms with Gasteiger partial charge in [0.25, 0.3) is 5.91 Å². The molecule has 0 saturated carbocycles. The van der Waals surface area contributed by atoms with Crippen LogP contribution < -0.4 is 10.6 Å². The molecule has 1 fully saturated rings. The smallest absolute Gasteiger partial charge is 0.287 e. The summed E-state index contributed by atoms with van der Waals surface area (Å²) in [4.78, 5) is 26.5. The maximum atomic E-state index is 12.2. The summed E-state index contributed by atoms with van der Waals surface area (Å²) in [6, 6.07) is 3.48. The van der Waals surface area contributed by atoms with Crippen molar-refractivity contribution in [3.63, 3.8) is 0 Å². The van der Waals surface area contributed by atoms with E-state index < -0.39 is 5.91 Å².